The van der Waals surface area contributed by atoms with Crippen LogP contribution in [0.2, 0.25) is 0 Å². The second-order valence-corrected chi connectivity index (χ2v) is 8.18. The van der Waals surface area contributed by atoms with E-state index >= 15 is 0 Å². The Hall–Kier alpha value is -2.17. The molecule has 138 valence electrons. The van der Waals surface area contributed by atoms with Crippen molar-refractivity contribution in [3.63, 3.8) is 0 Å². The molecule has 2 heterocycles. The highest BCUT2D eigenvalue weighted by Gasteiger charge is 2.38. The molecule has 3 atom stereocenters. The van der Waals surface area contributed by atoms with Crippen LogP contribution in [0.5, 0.6) is 0 Å². The lowest BCUT2D eigenvalue weighted by Gasteiger charge is -2.28. The monoisotopic (exact) mass is 354 g/mol. The molecule has 0 bridgehead atoms. The molecule has 2 aromatic rings. The van der Waals surface area contributed by atoms with Gasteiger partial charge in [-0.25, -0.2) is 4.79 Å². The van der Waals surface area contributed by atoms with Crippen molar-refractivity contribution in [1.82, 2.24) is 10.2 Å². The first kappa shape index (κ1) is 16.0. The van der Waals surface area contributed by atoms with E-state index in [0.717, 1.165) is 60.9 Å². The molecule has 2 fully saturated rings. The molecule has 2 aromatic heterocycles. The summed E-state index contributed by atoms with van der Waals surface area (Å²) in [6.07, 6.45) is 8.11. The zero-order chi connectivity index (χ0) is 17.7. The molecule has 1 N–H and O–H groups in total. The molecule has 3 aliphatic carbocycles. The molecular formula is C21H26N2O3. The highest BCUT2D eigenvalue weighted by Crippen LogP contribution is 2.47. The highest BCUT2D eigenvalue weighted by molar-refractivity contribution is 5.75. The first-order chi connectivity index (χ1) is 12.7. The van der Waals surface area contributed by atoms with Crippen LogP contribution in [0.25, 0.3) is 0 Å². The van der Waals surface area contributed by atoms with Gasteiger partial charge in [0.15, 0.2) is 0 Å². The number of urea groups is 1. The van der Waals surface area contributed by atoms with Gasteiger partial charge in [-0.1, -0.05) is 6.92 Å². The Balaban J connectivity index is 1.27. The van der Waals surface area contributed by atoms with Crippen molar-refractivity contribution in [2.24, 2.45) is 5.92 Å². The van der Waals surface area contributed by atoms with Crippen LogP contribution in [0.3, 0.4) is 0 Å². The number of nitrogens with one attached hydrogen (secondary N) is 1. The van der Waals surface area contributed by atoms with Gasteiger partial charge >= 0.3 is 6.03 Å². The van der Waals surface area contributed by atoms with Gasteiger partial charge < -0.3 is 19.1 Å². The normalized spacial score (nSPS) is 27.0. The molecule has 5 heteroatoms. The minimum Gasteiger partial charge on any atom is -0.469 e. The molecular weight excluding hydrogens is 328 g/mol. The third-order valence-corrected chi connectivity index (χ3v) is 6.08. The van der Waals surface area contributed by atoms with E-state index in [0.29, 0.717) is 18.5 Å². The van der Waals surface area contributed by atoms with Gasteiger partial charge in [-0.3, -0.25) is 0 Å². The molecule has 0 aliphatic heterocycles. The minimum atomic E-state index is 0.0179. The fourth-order valence-electron chi connectivity index (χ4n) is 4.19. The van der Waals surface area contributed by atoms with E-state index in [4.69, 9.17) is 8.83 Å². The van der Waals surface area contributed by atoms with Gasteiger partial charge in [-0.2, -0.15) is 0 Å². The second kappa shape index (κ2) is 6.22. The Morgan fingerprint density at radius 2 is 2.12 bits per heavy atom. The van der Waals surface area contributed by atoms with Gasteiger partial charge in [-0.05, 0) is 56.2 Å². The van der Waals surface area contributed by atoms with Crippen molar-refractivity contribution < 1.29 is 13.6 Å². The molecule has 5 nitrogen and oxygen atoms in total. The lowest BCUT2D eigenvalue weighted by molar-refractivity contribution is 0.181. The van der Waals surface area contributed by atoms with Crippen LogP contribution in [-0.2, 0) is 13.0 Å². The van der Waals surface area contributed by atoms with Crippen LogP contribution in [-0.4, -0.2) is 17.0 Å². The van der Waals surface area contributed by atoms with Crippen molar-refractivity contribution in [3.8, 4) is 0 Å². The van der Waals surface area contributed by atoms with Gasteiger partial charge in [0.05, 0.1) is 18.8 Å². The highest BCUT2D eigenvalue weighted by atomic mass is 16.3. The van der Waals surface area contributed by atoms with Crippen LogP contribution in [0.15, 0.2) is 33.3 Å². The average Bonchev–Trinajstić information content (AvgIpc) is 3.49. The molecule has 0 aromatic carbocycles. The quantitative estimate of drug-likeness (QED) is 0.843. The molecule has 3 aliphatic rings. The summed E-state index contributed by atoms with van der Waals surface area (Å²) < 4.78 is 11.6. The van der Waals surface area contributed by atoms with E-state index in [-0.39, 0.29) is 12.1 Å². The third kappa shape index (κ3) is 3.04. The van der Waals surface area contributed by atoms with Crippen LogP contribution in [0.4, 0.5) is 4.79 Å². The van der Waals surface area contributed by atoms with Gasteiger partial charge in [0.2, 0.25) is 0 Å². The Morgan fingerprint density at radius 1 is 1.27 bits per heavy atom. The molecule has 2 amide bonds. The summed E-state index contributed by atoms with van der Waals surface area (Å²) in [5, 5.41) is 3.24. The third-order valence-electron chi connectivity index (χ3n) is 6.08. The number of furan rings is 2. The first-order valence-electron chi connectivity index (χ1n) is 9.91. The molecule has 26 heavy (non-hydrogen) atoms. The maximum absolute atomic E-state index is 13.0. The maximum Gasteiger partial charge on any atom is 0.318 e. The summed E-state index contributed by atoms with van der Waals surface area (Å²) in [6.45, 7) is 2.81. The molecule has 3 unspecified atom stereocenters. The number of nitrogens with zero attached hydrogens (tertiary/aromatic N) is 1. The standard InChI is InChI=1S/C21H26N2O3/c1-13-11-17(13)20-8-7-15(26-20)12-23(14-5-6-14)21(24)22-18-3-2-4-19-16(18)9-10-25-19/h7-10,13-14,17-18H,2-6,11-12H2,1H3,(H,22,24). The lowest BCUT2D eigenvalue weighted by atomic mass is 9.93. The predicted molar refractivity (Wildman–Crippen MR) is 96.7 cm³/mol. The molecule has 0 spiro atoms. The fourth-order valence-corrected chi connectivity index (χ4v) is 4.19. The van der Waals surface area contributed by atoms with E-state index in [1.165, 1.54) is 6.42 Å². The van der Waals surface area contributed by atoms with E-state index < -0.39 is 0 Å². The number of hydrogen-bond acceptors (Lipinski definition) is 3. The van der Waals surface area contributed by atoms with Crippen LogP contribution < -0.4 is 5.32 Å². The van der Waals surface area contributed by atoms with Crippen molar-refractivity contribution in [3.05, 3.63) is 47.3 Å². The topological polar surface area (TPSA) is 58.6 Å². The summed E-state index contributed by atoms with van der Waals surface area (Å²) in [5.74, 6) is 4.31. The number of amides is 2. The molecule has 0 saturated heterocycles. The van der Waals surface area contributed by atoms with E-state index in [2.05, 4.69) is 18.3 Å². The summed E-state index contributed by atoms with van der Waals surface area (Å²) >= 11 is 0. The smallest absolute Gasteiger partial charge is 0.318 e. The predicted octanol–water partition coefficient (Wildman–Crippen LogP) is 4.75. The van der Waals surface area contributed by atoms with Crippen molar-refractivity contribution >= 4 is 6.03 Å². The molecule has 0 radical (unpaired) electrons. The number of rotatable bonds is 5. The summed E-state index contributed by atoms with van der Waals surface area (Å²) in [5.41, 5.74) is 1.14. The lowest BCUT2D eigenvalue weighted by Crippen LogP contribution is -2.43. The van der Waals surface area contributed by atoms with Crippen LogP contribution in [0, 0.1) is 5.92 Å². The van der Waals surface area contributed by atoms with Gasteiger partial charge in [0, 0.05) is 23.9 Å². The molecule has 5 rings (SSSR count). The Kier molecular flexibility index (Phi) is 3.84. The number of hydrogen-bond donors (Lipinski definition) is 1. The number of carbonyl (C=O) groups excluding carboxylic acids is 1. The zero-order valence-electron chi connectivity index (χ0n) is 15.2. The van der Waals surface area contributed by atoms with Crippen LogP contribution in [0.1, 0.15) is 73.8 Å². The van der Waals surface area contributed by atoms with Crippen molar-refractivity contribution in [1.29, 1.82) is 0 Å². The Bertz CT molecular complexity index is 804. The van der Waals surface area contributed by atoms with E-state index in [9.17, 15) is 4.79 Å². The fraction of sp³-hybridized carbons (Fsp3) is 0.571. The van der Waals surface area contributed by atoms with E-state index in [1.807, 2.05) is 17.0 Å². The van der Waals surface area contributed by atoms with Gasteiger partial charge in [0.25, 0.3) is 0 Å². The van der Waals surface area contributed by atoms with Crippen molar-refractivity contribution in [2.75, 3.05) is 0 Å². The summed E-state index contributed by atoms with van der Waals surface area (Å²) in [4.78, 5) is 14.9. The first-order valence-corrected chi connectivity index (χ1v) is 9.91. The Morgan fingerprint density at radius 3 is 2.88 bits per heavy atom. The second-order valence-electron chi connectivity index (χ2n) is 8.18. The maximum atomic E-state index is 13.0. The molecule has 2 saturated carbocycles. The number of fused-ring (bicyclic) bond motifs is 1. The number of aryl methyl sites for hydroxylation is 1. The van der Waals surface area contributed by atoms with Crippen LogP contribution >= 0.6 is 0 Å². The summed E-state index contributed by atoms with van der Waals surface area (Å²) in [6, 6.07) is 6.55. The van der Waals surface area contributed by atoms with Gasteiger partial charge in [-0.15, -0.1) is 0 Å². The average molecular weight is 354 g/mol. The summed E-state index contributed by atoms with van der Waals surface area (Å²) in [7, 11) is 0. The van der Waals surface area contributed by atoms with Crippen molar-refractivity contribution in [2.45, 2.75) is 70.0 Å². The zero-order valence-corrected chi connectivity index (χ0v) is 15.2. The number of carbonyl (C=O) groups is 1. The minimum absolute atomic E-state index is 0.0179. The SMILES string of the molecule is CC1CC1c1ccc(CN(C(=O)NC2CCCc3occc32)C2CC2)o1. The van der Waals surface area contributed by atoms with E-state index in [1.54, 1.807) is 6.26 Å². The Labute approximate surface area is 153 Å². The van der Waals surface area contributed by atoms with Gasteiger partial charge in [0.1, 0.15) is 17.3 Å². The largest absolute Gasteiger partial charge is 0.469 e.